The zero-order chi connectivity index (χ0) is 20.7. The van der Waals surface area contributed by atoms with Crippen molar-refractivity contribution in [2.75, 3.05) is 5.75 Å². The van der Waals surface area contributed by atoms with E-state index in [1.165, 1.54) is 0 Å². The highest BCUT2D eigenvalue weighted by Crippen LogP contribution is 2.50. The van der Waals surface area contributed by atoms with E-state index in [4.69, 9.17) is 4.74 Å². The van der Waals surface area contributed by atoms with Gasteiger partial charge >= 0.3 is 0 Å². The number of aliphatic hydroxyl groups is 4. The van der Waals surface area contributed by atoms with Crippen molar-refractivity contribution >= 4 is 34.9 Å². The Morgan fingerprint density at radius 2 is 1.42 bits per heavy atom. The number of rotatable bonds is 7. The van der Waals surface area contributed by atoms with Gasteiger partial charge in [0.2, 0.25) is 5.60 Å². The van der Waals surface area contributed by atoms with Gasteiger partial charge in [-0.25, -0.2) is 0 Å². The summed E-state index contributed by atoms with van der Waals surface area (Å²) in [4.78, 5) is 48.5. The average molecular weight is 392 g/mol. The standard InChI is InChI=1S/C16H24O9S/c1-6-26-13-15(23,9(4)19)16(24,10(5)20)14(22,8(3)18)12(25-13)11(21)7(2)17/h11-13,21-24H,6H2,1-5H3/t11?,12-,13-,14-,15-,16+/m1/s1. The second-order valence-corrected chi connectivity index (χ2v) is 7.65. The predicted molar refractivity (Wildman–Crippen MR) is 90.4 cm³/mol. The Balaban J connectivity index is 3.91. The van der Waals surface area contributed by atoms with Crippen LogP contribution in [0.25, 0.3) is 0 Å². The molecule has 1 saturated heterocycles. The molecular weight excluding hydrogens is 368 g/mol. The van der Waals surface area contributed by atoms with Crippen molar-refractivity contribution in [3.8, 4) is 0 Å². The van der Waals surface area contributed by atoms with Crippen LogP contribution in [-0.4, -0.2) is 83.8 Å². The fraction of sp³-hybridized carbons (Fsp3) is 0.750. The van der Waals surface area contributed by atoms with Crippen molar-refractivity contribution in [1.29, 1.82) is 0 Å². The van der Waals surface area contributed by atoms with Gasteiger partial charge in [-0.1, -0.05) is 6.92 Å². The normalized spacial score (nSPS) is 38.5. The molecule has 4 N–H and O–H groups in total. The lowest BCUT2D eigenvalue weighted by molar-refractivity contribution is -0.311. The number of aliphatic hydroxyl groups excluding tert-OH is 1. The molecule has 1 heterocycles. The molecule has 1 rings (SSSR count). The molecule has 1 aliphatic rings. The van der Waals surface area contributed by atoms with Crippen LogP contribution in [0.3, 0.4) is 0 Å². The summed E-state index contributed by atoms with van der Waals surface area (Å²) >= 11 is 0.802. The lowest BCUT2D eigenvalue weighted by atomic mass is 9.60. The highest BCUT2D eigenvalue weighted by Gasteiger charge is 2.79. The highest BCUT2D eigenvalue weighted by molar-refractivity contribution is 7.99. The minimum atomic E-state index is -3.34. The Hall–Kier alpha value is -1.17. The van der Waals surface area contributed by atoms with Crippen molar-refractivity contribution < 1.29 is 44.3 Å². The minimum absolute atomic E-state index is 0.246. The first-order chi connectivity index (χ1) is 11.7. The number of thioether (sulfide) groups is 1. The van der Waals surface area contributed by atoms with Crippen LogP contribution in [0.5, 0.6) is 0 Å². The summed E-state index contributed by atoms with van der Waals surface area (Å²) in [5, 5.41) is 43.3. The molecule has 9 nitrogen and oxygen atoms in total. The van der Waals surface area contributed by atoms with E-state index in [0.29, 0.717) is 0 Å². The molecule has 0 radical (unpaired) electrons. The fourth-order valence-electron chi connectivity index (χ4n) is 3.24. The van der Waals surface area contributed by atoms with E-state index in [2.05, 4.69) is 0 Å². The third-order valence-corrected chi connectivity index (χ3v) is 5.82. The van der Waals surface area contributed by atoms with Crippen LogP contribution in [0.4, 0.5) is 0 Å². The molecule has 0 aromatic heterocycles. The Kier molecular flexibility index (Phi) is 6.55. The number of carbonyl (C=O) groups is 4. The second-order valence-electron chi connectivity index (χ2n) is 6.31. The summed E-state index contributed by atoms with van der Waals surface area (Å²) in [5.41, 5.74) is -11.2. The zero-order valence-electron chi connectivity index (χ0n) is 15.2. The van der Waals surface area contributed by atoms with Crippen molar-refractivity contribution in [1.82, 2.24) is 0 Å². The van der Waals surface area contributed by atoms with E-state index in [9.17, 15) is 39.6 Å². The van der Waals surface area contributed by atoms with Crippen molar-refractivity contribution in [2.45, 2.75) is 69.1 Å². The number of hydrogen-bond acceptors (Lipinski definition) is 10. The average Bonchev–Trinajstić information content (AvgIpc) is 2.53. The van der Waals surface area contributed by atoms with Gasteiger partial charge in [-0.3, -0.25) is 19.2 Å². The first-order valence-corrected chi connectivity index (χ1v) is 8.95. The zero-order valence-corrected chi connectivity index (χ0v) is 16.0. The molecule has 0 aliphatic carbocycles. The topological polar surface area (TPSA) is 158 Å². The summed E-state index contributed by atoms with van der Waals surface area (Å²) in [6.07, 6.45) is -4.17. The van der Waals surface area contributed by atoms with Crippen LogP contribution >= 0.6 is 11.8 Å². The molecule has 1 aliphatic heterocycles. The summed E-state index contributed by atoms with van der Waals surface area (Å²) in [6.45, 7) is 5.00. The van der Waals surface area contributed by atoms with Gasteiger partial charge in [-0.05, 0) is 33.4 Å². The van der Waals surface area contributed by atoms with Gasteiger partial charge in [0.25, 0.3) is 0 Å². The van der Waals surface area contributed by atoms with Gasteiger partial charge < -0.3 is 25.2 Å². The van der Waals surface area contributed by atoms with Crippen LogP contribution in [0.15, 0.2) is 0 Å². The number of ether oxygens (including phenoxy) is 1. The maximum atomic E-state index is 12.3. The van der Waals surface area contributed by atoms with Gasteiger partial charge in [0.05, 0.1) is 0 Å². The molecular formula is C16H24O9S. The minimum Gasteiger partial charge on any atom is -0.382 e. The lowest BCUT2D eigenvalue weighted by Gasteiger charge is -2.58. The Morgan fingerprint density at radius 3 is 1.73 bits per heavy atom. The van der Waals surface area contributed by atoms with E-state index in [1.807, 2.05) is 0 Å². The van der Waals surface area contributed by atoms with Crippen molar-refractivity contribution in [3.05, 3.63) is 0 Å². The van der Waals surface area contributed by atoms with E-state index in [-0.39, 0.29) is 5.75 Å². The molecule has 148 valence electrons. The Morgan fingerprint density at radius 1 is 0.962 bits per heavy atom. The van der Waals surface area contributed by atoms with E-state index in [1.54, 1.807) is 6.92 Å². The number of carbonyl (C=O) groups excluding carboxylic acids is 4. The molecule has 0 spiro atoms. The predicted octanol–water partition coefficient (Wildman–Crippen LogP) is -1.63. The molecule has 0 bridgehead atoms. The van der Waals surface area contributed by atoms with Gasteiger partial charge in [-0.15, -0.1) is 11.8 Å². The third kappa shape index (κ3) is 2.85. The molecule has 26 heavy (non-hydrogen) atoms. The molecule has 10 heteroatoms. The van der Waals surface area contributed by atoms with Crippen LogP contribution in [0, 0.1) is 0 Å². The molecule has 6 atom stereocenters. The molecule has 0 saturated carbocycles. The van der Waals surface area contributed by atoms with Crippen LogP contribution < -0.4 is 0 Å². The third-order valence-electron chi connectivity index (χ3n) is 4.73. The van der Waals surface area contributed by atoms with Crippen molar-refractivity contribution in [3.63, 3.8) is 0 Å². The lowest BCUT2D eigenvalue weighted by Crippen LogP contribution is -2.86. The quantitative estimate of drug-likeness (QED) is 0.396. The van der Waals surface area contributed by atoms with Crippen LogP contribution in [0.2, 0.25) is 0 Å². The molecule has 0 amide bonds. The number of ketones is 4. The summed E-state index contributed by atoms with van der Waals surface area (Å²) in [5.74, 6) is -4.35. The molecule has 1 fully saturated rings. The van der Waals surface area contributed by atoms with Gasteiger partial charge in [0.15, 0.2) is 34.3 Å². The van der Waals surface area contributed by atoms with E-state index in [0.717, 1.165) is 39.5 Å². The maximum absolute atomic E-state index is 12.3. The summed E-state index contributed by atoms with van der Waals surface area (Å²) < 4.78 is 5.39. The van der Waals surface area contributed by atoms with Gasteiger partial charge in [0, 0.05) is 0 Å². The number of hydrogen-bond donors (Lipinski definition) is 4. The molecule has 1 unspecified atom stereocenters. The monoisotopic (exact) mass is 392 g/mol. The summed E-state index contributed by atoms with van der Waals surface area (Å²) in [7, 11) is 0. The first-order valence-electron chi connectivity index (χ1n) is 7.90. The van der Waals surface area contributed by atoms with Crippen molar-refractivity contribution in [2.24, 2.45) is 0 Å². The molecule has 0 aromatic rings. The first kappa shape index (κ1) is 22.9. The largest absolute Gasteiger partial charge is 0.382 e. The number of Topliss-reactive ketones (excluding diaryl/α,β-unsaturated/α-hetero) is 4. The highest BCUT2D eigenvalue weighted by atomic mass is 32.2. The fourth-order valence-corrected chi connectivity index (χ4v) is 4.32. The summed E-state index contributed by atoms with van der Waals surface area (Å²) in [6, 6.07) is 0. The SMILES string of the molecule is CCS[C@H]1O[C@H](C(O)C(C)=O)[C@](O)(C(C)=O)[C@@](O)(C(C)=O)[C@@]1(O)C(C)=O. The van der Waals surface area contributed by atoms with E-state index >= 15 is 0 Å². The van der Waals surface area contributed by atoms with Crippen LogP contribution in [0.1, 0.15) is 34.6 Å². The van der Waals surface area contributed by atoms with Crippen LogP contribution in [-0.2, 0) is 23.9 Å². The van der Waals surface area contributed by atoms with E-state index < -0.39 is 57.6 Å². The van der Waals surface area contributed by atoms with Gasteiger partial charge in [0.1, 0.15) is 17.6 Å². The molecule has 0 aromatic carbocycles. The Bertz CT molecular complexity index is 635. The Labute approximate surface area is 154 Å². The second kappa shape index (κ2) is 7.45. The maximum Gasteiger partial charge on any atom is 0.200 e. The smallest absolute Gasteiger partial charge is 0.200 e. The van der Waals surface area contributed by atoms with Gasteiger partial charge in [-0.2, -0.15) is 0 Å².